The molecule has 3 nitrogen and oxygen atoms in total. The summed E-state index contributed by atoms with van der Waals surface area (Å²) in [5.74, 6) is 0.703. The summed E-state index contributed by atoms with van der Waals surface area (Å²) < 4.78 is 5.26. The number of carbonyl (C=O) groups excluding carboxylic acids is 1. The zero-order valence-corrected chi connectivity index (χ0v) is 12.4. The lowest BCUT2D eigenvalue weighted by Crippen LogP contribution is -2.22. The number of methoxy groups -OCH3 is 1. The molecule has 0 bridgehead atoms. The lowest BCUT2D eigenvalue weighted by Gasteiger charge is -2.09. The second-order valence-electron chi connectivity index (χ2n) is 4.22. The highest BCUT2D eigenvalue weighted by Gasteiger charge is 2.07. The summed E-state index contributed by atoms with van der Waals surface area (Å²) in [6.45, 7) is 0.452. The number of thioether (sulfide) groups is 1. The minimum atomic E-state index is -0.0800. The van der Waals surface area contributed by atoms with Gasteiger partial charge >= 0.3 is 0 Å². The Bertz CT molecular complexity index is 581. The highest BCUT2D eigenvalue weighted by Crippen LogP contribution is 2.17. The first kappa shape index (κ1) is 14.5. The molecule has 0 saturated heterocycles. The molecule has 0 aliphatic rings. The van der Waals surface area contributed by atoms with Gasteiger partial charge in [0.2, 0.25) is 0 Å². The van der Waals surface area contributed by atoms with Crippen molar-refractivity contribution in [1.82, 2.24) is 5.32 Å². The summed E-state index contributed by atoms with van der Waals surface area (Å²) in [6.07, 6.45) is 2.01. The fourth-order valence-corrected chi connectivity index (χ4v) is 2.28. The molecule has 0 aliphatic heterocycles. The van der Waals surface area contributed by atoms with E-state index in [0.717, 1.165) is 16.2 Å². The second kappa shape index (κ2) is 7.01. The van der Waals surface area contributed by atoms with Gasteiger partial charge in [-0.1, -0.05) is 18.2 Å². The molecule has 0 atom stereocenters. The van der Waals surface area contributed by atoms with Crippen LogP contribution in [0.4, 0.5) is 0 Å². The van der Waals surface area contributed by atoms with E-state index in [0.29, 0.717) is 12.1 Å². The maximum absolute atomic E-state index is 12.1. The van der Waals surface area contributed by atoms with E-state index in [1.54, 1.807) is 18.9 Å². The van der Waals surface area contributed by atoms with E-state index in [-0.39, 0.29) is 5.91 Å². The second-order valence-corrected chi connectivity index (χ2v) is 5.10. The van der Waals surface area contributed by atoms with Crippen molar-refractivity contribution >= 4 is 17.7 Å². The van der Waals surface area contributed by atoms with Crippen molar-refractivity contribution in [2.75, 3.05) is 13.4 Å². The Kier molecular flexibility index (Phi) is 5.07. The highest BCUT2D eigenvalue weighted by molar-refractivity contribution is 7.98. The molecule has 0 saturated carbocycles. The van der Waals surface area contributed by atoms with E-state index in [1.807, 2.05) is 54.8 Å². The molecule has 0 aliphatic carbocycles. The zero-order chi connectivity index (χ0) is 14.4. The molecule has 1 amide bonds. The fourth-order valence-electron chi connectivity index (χ4n) is 1.87. The number of para-hydroxylation sites is 1. The lowest BCUT2D eigenvalue weighted by molar-refractivity contribution is 0.0950. The topological polar surface area (TPSA) is 38.3 Å². The van der Waals surface area contributed by atoms with Gasteiger partial charge in [0, 0.05) is 22.6 Å². The van der Waals surface area contributed by atoms with Gasteiger partial charge in [0.1, 0.15) is 5.75 Å². The van der Waals surface area contributed by atoms with E-state index in [2.05, 4.69) is 5.32 Å². The van der Waals surface area contributed by atoms with Crippen molar-refractivity contribution < 1.29 is 9.53 Å². The highest BCUT2D eigenvalue weighted by atomic mass is 32.2. The van der Waals surface area contributed by atoms with Gasteiger partial charge in [0.15, 0.2) is 0 Å². The van der Waals surface area contributed by atoms with Crippen LogP contribution in [0.2, 0.25) is 0 Å². The van der Waals surface area contributed by atoms with Gasteiger partial charge in [-0.25, -0.2) is 0 Å². The summed E-state index contributed by atoms with van der Waals surface area (Å²) in [5.41, 5.74) is 1.63. The SMILES string of the molecule is COc1ccccc1CNC(=O)c1ccc(SC)cc1. The van der Waals surface area contributed by atoms with Crippen molar-refractivity contribution in [2.24, 2.45) is 0 Å². The third-order valence-electron chi connectivity index (χ3n) is 2.98. The summed E-state index contributed by atoms with van der Waals surface area (Å²) in [6, 6.07) is 15.2. The number of carbonyl (C=O) groups is 1. The third-order valence-corrected chi connectivity index (χ3v) is 3.73. The van der Waals surface area contributed by atoms with Crippen LogP contribution in [-0.2, 0) is 6.54 Å². The zero-order valence-electron chi connectivity index (χ0n) is 11.6. The van der Waals surface area contributed by atoms with Gasteiger partial charge in [-0.2, -0.15) is 0 Å². The Hall–Kier alpha value is -1.94. The molecule has 0 unspecified atom stereocenters. The molecular weight excluding hydrogens is 270 g/mol. The molecule has 0 fully saturated rings. The van der Waals surface area contributed by atoms with Gasteiger partial charge < -0.3 is 10.1 Å². The molecule has 104 valence electrons. The van der Waals surface area contributed by atoms with E-state index >= 15 is 0 Å². The number of nitrogens with one attached hydrogen (secondary N) is 1. The average Bonchev–Trinajstić information content (AvgIpc) is 2.53. The van der Waals surface area contributed by atoms with Crippen LogP contribution in [0.3, 0.4) is 0 Å². The number of hydrogen-bond acceptors (Lipinski definition) is 3. The molecule has 20 heavy (non-hydrogen) atoms. The Labute approximate surface area is 123 Å². The van der Waals surface area contributed by atoms with Gasteiger partial charge in [0.25, 0.3) is 5.91 Å². The monoisotopic (exact) mass is 287 g/mol. The van der Waals surface area contributed by atoms with Gasteiger partial charge in [0.05, 0.1) is 7.11 Å². The van der Waals surface area contributed by atoms with Crippen LogP contribution in [0.25, 0.3) is 0 Å². The molecular formula is C16H17NO2S. The van der Waals surface area contributed by atoms with Crippen LogP contribution in [0.15, 0.2) is 53.4 Å². The van der Waals surface area contributed by atoms with Crippen LogP contribution in [0, 0.1) is 0 Å². The van der Waals surface area contributed by atoms with E-state index in [1.165, 1.54) is 0 Å². The molecule has 2 rings (SSSR count). The van der Waals surface area contributed by atoms with E-state index < -0.39 is 0 Å². The average molecular weight is 287 g/mol. The van der Waals surface area contributed by atoms with Gasteiger partial charge in [-0.15, -0.1) is 11.8 Å². The van der Waals surface area contributed by atoms with Crippen LogP contribution >= 0.6 is 11.8 Å². The Morgan fingerprint density at radius 2 is 1.85 bits per heavy atom. The summed E-state index contributed by atoms with van der Waals surface area (Å²) in [7, 11) is 1.63. The van der Waals surface area contributed by atoms with Crippen LogP contribution in [0.5, 0.6) is 5.75 Å². The molecule has 1 N–H and O–H groups in total. The predicted octanol–water partition coefficient (Wildman–Crippen LogP) is 3.35. The summed E-state index contributed by atoms with van der Waals surface area (Å²) in [4.78, 5) is 13.2. The first-order valence-electron chi connectivity index (χ1n) is 6.28. The molecule has 0 spiro atoms. The lowest BCUT2D eigenvalue weighted by atomic mass is 10.2. The van der Waals surface area contributed by atoms with Crippen molar-refractivity contribution in [3.05, 3.63) is 59.7 Å². The maximum atomic E-state index is 12.1. The molecule has 0 aromatic heterocycles. The van der Waals surface area contributed by atoms with Gasteiger partial charge in [-0.05, 0) is 36.6 Å². The number of ether oxygens (including phenoxy) is 1. The number of amides is 1. The Morgan fingerprint density at radius 1 is 1.15 bits per heavy atom. The van der Waals surface area contributed by atoms with Crippen LogP contribution < -0.4 is 10.1 Å². The molecule has 2 aromatic rings. The fraction of sp³-hybridized carbons (Fsp3) is 0.188. The minimum absolute atomic E-state index is 0.0800. The third kappa shape index (κ3) is 3.54. The normalized spacial score (nSPS) is 10.1. The Morgan fingerprint density at radius 3 is 2.50 bits per heavy atom. The molecule has 0 radical (unpaired) electrons. The molecule has 2 aromatic carbocycles. The smallest absolute Gasteiger partial charge is 0.251 e. The largest absolute Gasteiger partial charge is 0.496 e. The minimum Gasteiger partial charge on any atom is -0.496 e. The first-order chi connectivity index (χ1) is 9.74. The van der Waals surface area contributed by atoms with E-state index in [9.17, 15) is 4.79 Å². The Balaban J connectivity index is 2.01. The quantitative estimate of drug-likeness (QED) is 0.857. The first-order valence-corrected chi connectivity index (χ1v) is 7.51. The van der Waals surface area contributed by atoms with Crippen molar-refractivity contribution in [3.8, 4) is 5.75 Å². The van der Waals surface area contributed by atoms with Crippen LogP contribution in [0.1, 0.15) is 15.9 Å². The van der Waals surface area contributed by atoms with Crippen molar-refractivity contribution in [2.45, 2.75) is 11.4 Å². The number of benzene rings is 2. The van der Waals surface area contributed by atoms with Gasteiger partial charge in [-0.3, -0.25) is 4.79 Å². The van der Waals surface area contributed by atoms with Crippen molar-refractivity contribution in [3.63, 3.8) is 0 Å². The van der Waals surface area contributed by atoms with Crippen molar-refractivity contribution in [1.29, 1.82) is 0 Å². The number of rotatable bonds is 5. The molecule has 0 heterocycles. The summed E-state index contributed by atoms with van der Waals surface area (Å²) >= 11 is 1.66. The molecule has 4 heteroatoms. The maximum Gasteiger partial charge on any atom is 0.251 e. The summed E-state index contributed by atoms with van der Waals surface area (Å²) in [5, 5.41) is 2.90. The van der Waals surface area contributed by atoms with Crippen LogP contribution in [-0.4, -0.2) is 19.3 Å². The van der Waals surface area contributed by atoms with E-state index in [4.69, 9.17) is 4.74 Å². The predicted molar refractivity (Wildman–Crippen MR) is 82.4 cm³/mol. The number of hydrogen-bond donors (Lipinski definition) is 1. The standard InChI is InChI=1S/C16H17NO2S/c1-19-15-6-4-3-5-13(15)11-17-16(18)12-7-9-14(20-2)10-8-12/h3-10H,11H2,1-2H3,(H,17,18).